The quantitative estimate of drug-likeness (QED) is 0.784. The molecule has 0 spiro atoms. The molecule has 1 amide bonds. The molecule has 1 saturated heterocycles. The molecule has 2 heterocycles. The molecule has 1 aliphatic heterocycles. The first kappa shape index (κ1) is 19.4. The highest BCUT2D eigenvalue weighted by Crippen LogP contribution is 2.25. The molecule has 1 fully saturated rings. The second kappa shape index (κ2) is 9.53. The second-order valence-electron chi connectivity index (χ2n) is 5.40. The SMILES string of the molecule is Cl.O=C(NCC(c1cccs1)N1CCOCC1)c1ccc(Br)cc1. The van der Waals surface area contributed by atoms with Gasteiger partial charge in [0, 0.05) is 34.5 Å². The van der Waals surface area contributed by atoms with Crippen molar-refractivity contribution < 1.29 is 9.53 Å². The molecular formula is C17H20BrClN2O2S. The van der Waals surface area contributed by atoms with Crippen LogP contribution in [0.4, 0.5) is 0 Å². The molecule has 0 radical (unpaired) electrons. The van der Waals surface area contributed by atoms with Crippen molar-refractivity contribution >= 4 is 45.6 Å². The van der Waals surface area contributed by atoms with Gasteiger partial charge in [0.1, 0.15) is 0 Å². The predicted octanol–water partition coefficient (Wildman–Crippen LogP) is 3.74. The van der Waals surface area contributed by atoms with Crippen LogP contribution >= 0.6 is 39.7 Å². The zero-order valence-electron chi connectivity index (χ0n) is 13.1. The van der Waals surface area contributed by atoms with Crippen molar-refractivity contribution in [1.82, 2.24) is 10.2 Å². The molecule has 1 aromatic carbocycles. The van der Waals surface area contributed by atoms with Crippen LogP contribution in [0.15, 0.2) is 46.3 Å². The third kappa shape index (κ3) is 5.04. The Balaban J connectivity index is 0.00000208. The number of rotatable bonds is 5. The summed E-state index contributed by atoms with van der Waals surface area (Å²) in [4.78, 5) is 16.0. The number of nitrogens with zero attached hydrogens (tertiary/aromatic N) is 1. The minimum atomic E-state index is -0.0349. The molecule has 1 aliphatic rings. The number of carbonyl (C=O) groups excluding carboxylic acids is 1. The van der Waals surface area contributed by atoms with Crippen molar-refractivity contribution in [2.45, 2.75) is 6.04 Å². The molecule has 1 unspecified atom stereocenters. The highest BCUT2D eigenvalue weighted by atomic mass is 79.9. The van der Waals surface area contributed by atoms with Crippen LogP contribution in [0, 0.1) is 0 Å². The molecule has 1 atom stereocenters. The van der Waals surface area contributed by atoms with Gasteiger partial charge in [0.25, 0.3) is 5.91 Å². The van der Waals surface area contributed by atoms with Gasteiger partial charge in [-0.1, -0.05) is 22.0 Å². The molecule has 4 nitrogen and oxygen atoms in total. The second-order valence-corrected chi connectivity index (χ2v) is 7.29. The summed E-state index contributed by atoms with van der Waals surface area (Å²) >= 11 is 5.12. The zero-order chi connectivity index (χ0) is 16.1. The first-order chi connectivity index (χ1) is 11.2. The van der Waals surface area contributed by atoms with E-state index in [0.717, 1.165) is 30.8 Å². The number of thiophene rings is 1. The summed E-state index contributed by atoms with van der Waals surface area (Å²) in [7, 11) is 0. The highest BCUT2D eigenvalue weighted by Gasteiger charge is 2.24. The van der Waals surface area contributed by atoms with Crippen LogP contribution in [0.3, 0.4) is 0 Å². The van der Waals surface area contributed by atoms with Crippen LogP contribution in [-0.2, 0) is 4.74 Å². The topological polar surface area (TPSA) is 41.6 Å². The van der Waals surface area contributed by atoms with Gasteiger partial charge in [-0.05, 0) is 35.7 Å². The molecule has 24 heavy (non-hydrogen) atoms. The molecule has 1 aromatic heterocycles. The van der Waals surface area contributed by atoms with Gasteiger partial charge >= 0.3 is 0 Å². The average Bonchev–Trinajstić information content (AvgIpc) is 3.11. The molecule has 2 aromatic rings. The molecule has 3 rings (SSSR count). The lowest BCUT2D eigenvalue weighted by Gasteiger charge is -2.34. The molecular weight excluding hydrogens is 412 g/mol. The summed E-state index contributed by atoms with van der Waals surface area (Å²) in [6.45, 7) is 3.91. The number of hydrogen-bond donors (Lipinski definition) is 1. The first-order valence-electron chi connectivity index (χ1n) is 7.63. The smallest absolute Gasteiger partial charge is 0.251 e. The maximum absolute atomic E-state index is 12.3. The van der Waals surface area contributed by atoms with Gasteiger partial charge in [-0.2, -0.15) is 0 Å². The molecule has 7 heteroatoms. The Hall–Kier alpha value is -0.920. The van der Waals surface area contributed by atoms with E-state index in [-0.39, 0.29) is 24.4 Å². The third-order valence-corrected chi connectivity index (χ3v) is 5.42. The van der Waals surface area contributed by atoms with E-state index < -0.39 is 0 Å². The zero-order valence-corrected chi connectivity index (χ0v) is 16.3. The van der Waals surface area contributed by atoms with Crippen LogP contribution in [0.25, 0.3) is 0 Å². The van der Waals surface area contributed by atoms with Crippen LogP contribution in [0.5, 0.6) is 0 Å². The highest BCUT2D eigenvalue weighted by molar-refractivity contribution is 9.10. The molecule has 1 N–H and O–H groups in total. The van der Waals surface area contributed by atoms with Crippen LogP contribution in [-0.4, -0.2) is 43.7 Å². The Morgan fingerprint density at radius 3 is 2.58 bits per heavy atom. The number of hydrogen-bond acceptors (Lipinski definition) is 4. The average molecular weight is 432 g/mol. The number of benzene rings is 1. The van der Waals surface area contributed by atoms with Crippen molar-refractivity contribution in [1.29, 1.82) is 0 Å². The van der Waals surface area contributed by atoms with Gasteiger partial charge in [0.05, 0.1) is 19.3 Å². The van der Waals surface area contributed by atoms with Gasteiger partial charge in [0.15, 0.2) is 0 Å². The third-order valence-electron chi connectivity index (χ3n) is 3.92. The van der Waals surface area contributed by atoms with Crippen LogP contribution in [0.2, 0.25) is 0 Å². The number of carbonyl (C=O) groups is 1. The Labute approximate surface area is 160 Å². The van der Waals surface area contributed by atoms with Gasteiger partial charge in [-0.15, -0.1) is 23.7 Å². The fourth-order valence-electron chi connectivity index (χ4n) is 2.67. The minimum Gasteiger partial charge on any atom is -0.379 e. The van der Waals surface area contributed by atoms with E-state index in [2.05, 4.69) is 43.7 Å². The Morgan fingerprint density at radius 2 is 1.96 bits per heavy atom. The minimum absolute atomic E-state index is 0. The summed E-state index contributed by atoms with van der Waals surface area (Å²) < 4.78 is 6.41. The fraction of sp³-hybridized carbons (Fsp3) is 0.353. The number of morpholine rings is 1. The lowest BCUT2D eigenvalue weighted by atomic mass is 10.1. The van der Waals surface area contributed by atoms with Crippen molar-refractivity contribution in [3.05, 3.63) is 56.7 Å². The molecule has 0 aliphatic carbocycles. The summed E-state index contributed by atoms with van der Waals surface area (Å²) in [6, 6.07) is 11.8. The summed E-state index contributed by atoms with van der Waals surface area (Å²) in [5.74, 6) is -0.0349. The van der Waals surface area contributed by atoms with Crippen molar-refractivity contribution in [2.24, 2.45) is 0 Å². The van der Waals surface area contributed by atoms with Crippen molar-refractivity contribution in [3.8, 4) is 0 Å². The Kier molecular flexibility index (Phi) is 7.71. The summed E-state index contributed by atoms with van der Waals surface area (Å²) in [5, 5.41) is 5.16. The number of amides is 1. The monoisotopic (exact) mass is 430 g/mol. The van der Waals surface area contributed by atoms with E-state index in [1.165, 1.54) is 4.88 Å². The van der Waals surface area contributed by atoms with E-state index in [1.807, 2.05) is 24.3 Å². The van der Waals surface area contributed by atoms with E-state index in [0.29, 0.717) is 12.1 Å². The molecule has 0 bridgehead atoms. The van der Waals surface area contributed by atoms with E-state index in [9.17, 15) is 4.79 Å². The number of nitrogens with one attached hydrogen (secondary N) is 1. The van der Waals surface area contributed by atoms with Crippen molar-refractivity contribution in [3.63, 3.8) is 0 Å². The summed E-state index contributed by atoms with van der Waals surface area (Å²) in [6.07, 6.45) is 0. The van der Waals surface area contributed by atoms with E-state index in [1.54, 1.807) is 11.3 Å². The summed E-state index contributed by atoms with van der Waals surface area (Å²) in [5.41, 5.74) is 0.681. The number of halogens is 2. The molecule has 130 valence electrons. The van der Waals surface area contributed by atoms with E-state index >= 15 is 0 Å². The normalized spacial score (nSPS) is 16.2. The maximum Gasteiger partial charge on any atom is 0.251 e. The van der Waals surface area contributed by atoms with Gasteiger partial charge in [-0.3, -0.25) is 9.69 Å². The Morgan fingerprint density at radius 1 is 1.25 bits per heavy atom. The van der Waals surface area contributed by atoms with Crippen LogP contribution in [0.1, 0.15) is 21.3 Å². The first-order valence-corrected chi connectivity index (χ1v) is 9.30. The lowest BCUT2D eigenvalue weighted by Crippen LogP contribution is -2.43. The fourth-order valence-corrected chi connectivity index (χ4v) is 3.80. The van der Waals surface area contributed by atoms with Gasteiger partial charge in [-0.25, -0.2) is 0 Å². The van der Waals surface area contributed by atoms with Crippen molar-refractivity contribution in [2.75, 3.05) is 32.8 Å². The van der Waals surface area contributed by atoms with Gasteiger partial charge in [0.2, 0.25) is 0 Å². The van der Waals surface area contributed by atoms with E-state index in [4.69, 9.17) is 4.74 Å². The molecule has 0 saturated carbocycles. The predicted molar refractivity (Wildman–Crippen MR) is 103 cm³/mol. The maximum atomic E-state index is 12.3. The largest absolute Gasteiger partial charge is 0.379 e. The lowest BCUT2D eigenvalue weighted by molar-refractivity contribution is 0.0169. The number of ether oxygens (including phenoxy) is 1. The van der Waals surface area contributed by atoms with Crippen LogP contribution < -0.4 is 5.32 Å². The standard InChI is InChI=1S/C17H19BrN2O2S.ClH/c18-14-5-3-13(4-6-14)17(21)19-12-15(16-2-1-11-23-16)20-7-9-22-10-8-20;/h1-6,11,15H,7-10,12H2,(H,19,21);1H. The Bertz CT molecular complexity index is 631. The van der Waals surface area contributed by atoms with Gasteiger partial charge < -0.3 is 10.1 Å².